The summed E-state index contributed by atoms with van der Waals surface area (Å²) in [6, 6.07) is 30.7. The molecular formula is C24H17NO. The maximum atomic E-state index is 8.12. The van der Waals surface area contributed by atoms with E-state index in [4.69, 9.17) is 5.79 Å². The van der Waals surface area contributed by atoms with Crippen molar-refractivity contribution in [3.63, 3.8) is 0 Å². The highest BCUT2D eigenvalue weighted by Crippen LogP contribution is 2.36. The molecule has 2 nitrogen and oxygen atoms in total. The minimum atomic E-state index is 0.402. The van der Waals surface area contributed by atoms with E-state index >= 15 is 0 Å². The van der Waals surface area contributed by atoms with Crippen LogP contribution in [0.3, 0.4) is 0 Å². The van der Waals surface area contributed by atoms with Gasteiger partial charge in [-0.05, 0) is 23.7 Å². The molecule has 0 aliphatic rings. The zero-order valence-electron chi connectivity index (χ0n) is 15.1. The van der Waals surface area contributed by atoms with Crippen LogP contribution in [-0.4, -0.2) is 0 Å². The number of benzene rings is 4. The molecule has 1 aromatic heterocycles. The first-order valence-electron chi connectivity index (χ1n) is 9.13. The molecular weight excluding hydrogens is 318 g/mol. The van der Waals surface area contributed by atoms with Crippen molar-refractivity contribution in [2.75, 3.05) is 5.32 Å². The summed E-state index contributed by atoms with van der Waals surface area (Å²) >= 11 is 0. The van der Waals surface area contributed by atoms with Gasteiger partial charge in [-0.15, -0.1) is 0 Å². The van der Waals surface area contributed by atoms with Gasteiger partial charge >= 0.3 is 0 Å². The molecule has 0 unspecified atom stereocenters. The van der Waals surface area contributed by atoms with Crippen LogP contribution in [0.15, 0.2) is 101 Å². The average Bonchev–Trinajstić information content (AvgIpc) is 3.11. The van der Waals surface area contributed by atoms with Crippen molar-refractivity contribution in [2.24, 2.45) is 0 Å². The Kier molecular flexibility index (Phi) is 3.21. The number of para-hydroxylation sites is 3. The number of anilines is 2. The Balaban J connectivity index is 1.66. The number of fused-ring (bicyclic) bond motifs is 3. The van der Waals surface area contributed by atoms with Crippen LogP contribution in [0.25, 0.3) is 33.1 Å². The third-order valence-electron chi connectivity index (χ3n) is 4.61. The first kappa shape index (κ1) is 13.7. The van der Waals surface area contributed by atoms with Crippen molar-refractivity contribution >= 4 is 33.3 Å². The van der Waals surface area contributed by atoms with Crippen molar-refractivity contribution < 1.29 is 5.79 Å². The third kappa shape index (κ3) is 2.44. The summed E-state index contributed by atoms with van der Waals surface area (Å²) < 4.78 is 14.2. The summed E-state index contributed by atoms with van der Waals surface area (Å²) in [4.78, 5) is 0. The Bertz CT molecular complexity index is 1260. The van der Waals surface area contributed by atoms with Gasteiger partial charge in [-0.2, -0.15) is 0 Å². The van der Waals surface area contributed by atoms with E-state index < -0.39 is 0 Å². The van der Waals surface area contributed by atoms with Crippen molar-refractivity contribution in [1.82, 2.24) is 0 Å². The molecule has 1 heterocycles. The first-order chi connectivity index (χ1) is 13.3. The van der Waals surface area contributed by atoms with E-state index in [1.807, 2.05) is 60.7 Å². The molecule has 124 valence electrons. The Hall–Kier alpha value is -3.52. The Morgan fingerprint density at radius 1 is 0.654 bits per heavy atom. The summed E-state index contributed by atoms with van der Waals surface area (Å²) in [5, 5.41) is 5.52. The molecule has 5 rings (SSSR count). The van der Waals surface area contributed by atoms with E-state index in [-0.39, 0.29) is 0 Å². The van der Waals surface area contributed by atoms with E-state index in [0.29, 0.717) is 11.6 Å². The molecule has 2 heteroatoms. The highest BCUT2D eigenvalue weighted by atomic mass is 16.3. The molecule has 0 spiro atoms. The molecule has 1 N–H and O–H groups in total. The fourth-order valence-corrected chi connectivity index (χ4v) is 3.38. The molecule has 0 bridgehead atoms. The second-order valence-corrected chi connectivity index (χ2v) is 6.23. The maximum Gasteiger partial charge on any atom is 0.158 e. The van der Waals surface area contributed by atoms with Gasteiger partial charge in [0.1, 0.15) is 5.58 Å². The smallest absolute Gasteiger partial charge is 0.158 e. The van der Waals surface area contributed by atoms with Crippen molar-refractivity contribution in [1.29, 1.82) is 0 Å². The van der Waals surface area contributed by atoms with Crippen LogP contribution in [-0.2, 0) is 0 Å². The lowest BCUT2D eigenvalue weighted by Gasteiger charge is -2.12. The predicted octanol–water partition coefficient (Wildman–Crippen LogP) is 7.00. The lowest BCUT2D eigenvalue weighted by Crippen LogP contribution is -1.93. The summed E-state index contributed by atoms with van der Waals surface area (Å²) in [6.07, 6.45) is 0. The van der Waals surface area contributed by atoms with Crippen molar-refractivity contribution in [2.45, 2.75) is 0 Å². The normalized spacial score (nSPS) is 11.6. The third-order valence-corrected chi connectivity index (χ3v) is 4.61. The molecule has 0 saturated heterocycles. The second kappa shape index (κ2) is 6.08. The summed E-state index contributed by atoms with van der Waals surface area (Å²) in [5.41, 5.74) is 5.60. The van der Waals surface area contributed by atoms with E-state index in [2.05, 4.69) is 29.6 Å². The highest BCUT2D eigenvalue weighted by Gasteiger charge is 2.12. The number of rotatable bonds is 3. The quantitative estimate of drug-likeness (QED) is 0.384. The topological polar surface area (TPSA) is 25.2 Å². The molecule has 0 aliphatic heterocycles. The molecule has 4 aromatic carbocycles. The monoisotopic (exact) mass is 336 g/mol. The molecule has 0 fully saturated rings. The van der Waals surface area contributed by atoms with Crippen molar-refractivity contribution in [3.05, 3.63) is 97.0 Å². The number of hydrogen-bond acceptors (Lipinski definition) is 2. The van der Waals surface area contributed by atoms with Gasteiger partial charge in [-0.3, -0.25) is 0 Å². The number of furan rings is 1. The first-order valence-corrected chi connectivity index (χ1v) is 8.63. The van der Waals surface area contributed by atoms with Crippen molar-refractivity contribution in [3.8, 4) is 11.1 Å². The van der Waals surface area contributed by atoms with Gasteiger partial charge in [0.05, 0.1) is 7.06 Å². The van der Waals surface area contributed by atoms with Gasteiger partial charge in [0.2, 0.25) is 0 Å². The molecule has 5 aromatic rings. The maximum absolute atomic E-state index is 8.12. The number of hydrogen-bond donors (Lipinski definition) is 1. The Labute approximate surface area is 153 Å². The largest absolute Gasteiger partial charge is 0.454 e. The van der Waals surface area contributed by atoms with Gasteiger partial charge in [-0.1, -0.05) is 78.9 Å². The summed E-state index contributed by atoms with van der Waals surface area (Å²) in [7, 11) is 0. The standard InChI is InChI=1S/C24H17NO/c1-2-9-17(10-3-1)18-11-4-6-14-21(18)25-22-15-8-13-20-19-12-5-7-16-23(19)26-24(20)22/h1-16,25H/i16D. The molecule has 0 radical (unpaired) electrons. The fourth-order valence-electron chi connectivity index (χ4n) is 3.38. The molecule has 0 amide bonds. The lowest BCUT2D eigenvalue weighted by molar-refractivity contribution is 0.670. The van der Waals surface area contributed by atoms with E-state index in [0.717, 1.165) is 38.9 Å². The molecule has 0 atom stereocenters. The van der Waals surface area contributed by atoms with Gasteiger partial charge in [0, 0.05) is 22.0 Å². The average molecular weight is 336 g/mol. The minimum absolute atomic E-state index is 0.402. The minimum Gasteiger partial charge on any atom is -0.454 e. The van der Waals surface area contributed by atoms with Crippen LogP contribution in [0.4, 0.5) is 11.4 Å². The van der Waals surface area contributed by atoms with E-state index in [1.165, 1.54) is 0 Å². The second-order valence-electron chi connectivity index (χ2n) is 6.23. The molecule has 0 aliphatic carbocycles. The van der Waals surface area contributed by atoms with Crippen LogP contribution in [0.1, 0.15) is 1.37 Å². The van der Waals surface area contributed by atoms with Gasteiger partial charge < -0.3 is 9.73 Å². The zero-order valence-corrected chi connectivity index (χ0v) is 14.1. The molecule has 26 heavy (non-hydrogen) atoms. The van der Waals surface area contributed by atoms with Crippen LogP contribution in [0.2, 0.25) is 0 Å². The highest BCUT2D eigenvalue weighted by molar-refractivity contribution is 6.09. The SMILES string of the molecule is [2H]c1cccc2c1oc1c(Nc3ccccc3-c3ccccc3)cccc12. The zero-order chi connectivity index (χ0) is 18.2. The van der Waals surface area contributed by atoms with Crippen LogP contribution in [0.5, 0.6) is 0 Å². The van der Waals surface area contributed by atoms with E-state index in [1.54, 1.807) is 6.07 Å². The van der Waals surface area contributed by atoms with Gasteiger partial charge in [0.25, 0.3) is 0 Å². The lowest BCUT2D eigenvalue weighted by atomic mass is 10.0. The van der Waals surface area contributed by atoms with Crippen LogP contribution in [0, 0.1) is 0 Å². The number of nitrogens with one attached hydrogen (secondary N) is 1. The van der Waals surface area contributed by atoms with Crippen LogP contribution < -0.4 is 5.32 Å². The van der Waals surface area contributed by atoms with Gasteiger partial charge in [-0.25, -0.2) is 0 Å². The van der Waals surface area contributed by atoms with Crippen LogP contribution >= 0.6 is 0 Å². The van der Waals surface area contributed by atoms with E-state index in [9.17, 15) is 0 Å². The fraction of sp³-hybridized carbons (Fsp3) is 0. The summed E-state index contributed by atoms with van der Waals surface area (Å²) in [6.45, 7) is 0. The van der Waals surface area contributed by atoms with Gasteiger partial charge in [0.15, 0.2) is 5.58 Å². The summed E-state index contributed by atoms with van der Waals surface area (Å²) in [5.74, 6) is 0. The Morgan fingerprint density at radius 3 is 2.31 bits per heavy atom. The Morgan fingerprint density at radius 2 is 1.38 bits per heavy atom. The molecule has 0 saturated carbocycles. The predicted molar refractivity (Wildman–Crippen MR) is 109 cm³/mol.